The Kier molecular flexibility index (Phi) is 11.0. The second-order valence-electron chi connectivity index (χ2n) is 20.9. The van der Waals surface area contributed by atoms with Crippen molar-refractivity contribution in [2.24, 2.45) is 0 Å². The van der Waals surface area contributed by atoms with Gasteiger partial charge >= 0.3 is 0 Å². The number of benzene rings is 10. The van der Waals surface area contributed by atoms with Crippen LogP contribution in [0.1, 0.15) is 11.1 Å². The van der Waals surface area contributed by atoms with Gasteiger partial charge in [-0.1, -0.05) is 189 Å². The van der Waals surface area contributed by atoms with E-state index in [1.807, 2.05) is 0 Å². The fourth-order valence-corrected chi connectivity index (χ4v) is 12.7. The summed E-state index contributed by atoms with van der Waals surface area (Å²) in [5.74, 6) is 0. The van der Waals surface area contributed by atoms with Crippen LogP contribution in [0.15, 0.2) is 212 Å². The average Bonchev–Trinajstić information content (AvgIpc) is 3.69. The van der Waals surface area contributed by atoms with E-state index >= 15 is 0 Å². The summed E-state index contributed by atoms with van der Waals surface area (Å²) in [6.45, 7) is 18.9. The van der Waals surface area contributed by atoms with E-state index in [-0.39, 0.29) is 0 Å². The van der Waals surface area contributed by atoms with Crippen molar-refractivity contribution in [3.8, 4) is 16.8 Å². The standard InChI is InChI=1S/C64H59N3Si2/c1-44-19-16-24-50(39-44)65(48-31-35-53(36-32-48)68(3,4)5)59-42-61-63(57-29-14-12-27-55(57)59)64-58-30-15-13-28-56(58)60(43-62(64)67(61)52-26-18-23-47(41-52)46-21-10-9-11-22-46)66(51-25-17-20-45(2)40-51)49-33-37-54(38-34-49)69(6,7)8/h9-43H,1-8H3. The molecular weight excluding hydrogens is 867 g/mol. The van der Waals surface area contributed by atoms with Crippen LogP contribution in [0.4, 0.5) is 34.1 Å². The molecule has 1 heterocycles. The first-order valence-corrected chi connectivity index (χ1v) is 31.3. The maximum Gasteiger partial charge on any atom is 0.0775 e. The van der Waals surface area contributed by atoms with Crippen molar-refractivity contribution in [1.82, 2.24) is 4.57 Å². The lowest BCUT2D eigenvalue weighted by atomic mass is 9.96. The molecule has 5 heteroatoms. The fraction of sp³-hybridized carbons (Fsp3) is 0.125. The van der Waals surface area contributed by atoms with Gasteiger partial charge in [-0.15, -0.1) is 0 Å². The van der Waals surface area contributed by atoms with E-state index in [9.17, 15) is 0 Å². The molecule has 11 aromatic rings. The van der Waals surface area contributed by atoms with Crippen molar-refractivity contribution in [1.29, 1.82) is 0 Å². The summed E-state index contributed by atoms with van der Waals surface area (Å²) in [6, 6.07) is 79.7. The zero-order chi connectivity index (χ0) is 47.6. The van der Waals surface area contributed by atoms with Gasteiger partial charge in [0.05, 0.1) is 38.6 Å². The van der Waals surface area contributed by atoms with E-state index in [0.29, 0.717) is 0 Å². The highest BCUT2D eigenvalue weighted by molar-refractivity contribution is 6.89. The minimum absolute atomic E-state index is 1.11. The molecule has 338 valence electrons. The molecule has 0 fully saturated rings. The summed E-state index contributed by atoms with van der Waals surface area (Å²) in [7, 11) is -3.10. The molecule has 11 rings (SSSR count). The molecule has 0 aliphatic carbocycles. The van der Waals surface area contributed by atoms with Crippen molar-refractivity contribution in [2.75, 3.05) is 9.80 Å². The Morgan fingerprint density at radius 2 is 0.739 bits per heavy atom. The van der Waals surface area contributed by atoms with Gasteiger partial charge < -0.3 is 14.4 Å². The Balaban J connectivity index is 1.29. The Bertz CT molecular complexity index is 3500. The van der Waals surface area contributed by atoms with E-state index in [4.69, 9.17) is 0 Å². The number of aryl methyl sites for hydroxylation is 2. The number of aromatic nitrogens is 1. The third-order valence-corrected chi connectivity index (χ3v) is 18.1. The van der Waals surface area contributed by atoms with Crippen LogP contribution in [0.3, 0.4) is 0 Å². The molecule has 0 unspecified atom stereocenters. The normalized spacial score (nSPS) is 12.1. The van der Waals surface area contributed by atoms with E-state index < -0.39 is 16.1 Å². The molecule has 0 amide bonds. The molecular formula is C64H59N3Si2. The minimum atomic E-state index is -1.55. The van der Waals surface area contributed by atoms with Gasteiger partial charge in [-0.3, -0.25) is 0 Å². The van der Waals surface area contributed by atoms with Gasteiger partial charge in [-0.25, -0.2) is 0 Å². The third kappa shape index (κ3) is 8.05. The lowest BCUT2D eigenvalue weighted by Crippen LogP contribution is -2.37. The van der Waals surface area contributed by atoms with E-state index in [2.05, 4.69) is 280 Å². The third-order valence-electron chi connectivity index (χ3n) is 13.9. The monoisotopic (exact) mass is 925 g/mol. The molecule has 69 heavy (non-hydrogen) atoms. The van der Waals surface area contributed by atoms with E-state index in [1.54, 1.807) is 0 Å². The highest BCUT2D eigenvalue weighted by Gasteiger charge is 2.27. The number of rotatable bonds is 10. The molecule has 0 radical (unpaired) electrons. The van der Waals surface area contributed by atoms with Crippen LogP contribution in [-0.4, -0.2) is 20.7 Å². The highest BCUT2D eigenvalue weighted by atomic mass is 28.3. The van der Waals surface area contributed by atoms with Crippen molar-refractivity contribution < 1.29 is 0 Å². The Hall–Kier alpha value is -7.45. The summed E-state index contributed by atoms with van der Waals surface area (Å²) in [4.78, 5) is 4.97. The molecule has 0 saturated carbocycles. The van der Waals surface area contributed by atoms with Crippen LogP contribution in [0.5, 0.6) is 0 Å². The van der Waals surface area contributed by atoms with Gasteiger partial charge in [-0.2, -0.15) is 0 Å². The number of fused-ring (bicyclic) bond motifs is 7. The maximum atomic E-state index is 2.55. The molecule has 0 aliphatic heterocycles. The summed E-state index contributed by atoms with van der Waals surface area (Å²) >= 11 is 0. The topological polar surface area (TPSA) is 11.4 Å². The summed E-state index contributed by atoms with van der Waals surface area (Å²) in [5.41, 5.74) is 15.1. The largest absolute Gasteiger partial charge is 0.310 e. The van der Waals surface area contributed by atoms with Crippen molar-refractivity contribution in [3.63, 3.8) is 0 Å². The lowest BCUT2D eigenvalue weighted by molar-refractivity contribution is 1.18. The molecule has 0 N–H and O–H groups in total. The predicted molar refractivity (Wildman–Crippen MR) is 306 cm³/mol. The number of hydrogen-bond donors (Lipinski definition) is 0. The molecule has 1 aromatic heterocycles. The summed E-state index contributed by atoms with van der Waals surface area (Å²) in [6.07, 6.45) is 0. The van der Waals surface area contributed by atoms with Crippen LogP contribution in [-0.2, 0) is 0 Å². The Labute approximate surface area is 409 Å². The first kappa shape index (κ1) is 44.1. The highest BCUT2D eigenvalue weighted by Crippen LogP contribution is 2.50. The molecule has 0 saturated heterocycles. The van der Waals surface area contributed by atoms with Crippen molar-refractivity contribution in [3.05, 3.63) is 223 Å². The first-order valence-electron chi connectivity index (χ1n) is 24.3. The molecule has 0 spiro atoms. The Morgan fingerprint density at radius 3 is 1.17 bits per heavy atom. The summed E-state index contributed by atoms with van der Waals surface area (Å²) < 4.78 is 2.55. The smallest absolute Gasteiger partial charge is 0.0775 e. The number of nitrogens with zero attached hydrogens (tertiary/aromatic N) is 3. The van der Waals surface area contributed by atoms with Crippen LogP contribution in [0, 0.1) is 13.8 Å². The van der Waals surface area contributed by atoms with Crippen LogP contribution in [0.25, 0.3) is 60.2 Å². The predicted octanol–water partition coefficient (Wildman–Crippen LogP) is 17.4. The zero-order valence-electron chi connectivity index (χ0n) is 41.0. The maximum absolute atomic E-state index is 2.55. The summed E-state index contributed by atoms with van der Waals surface area (Å²) in [5, 5.41) is 10.2. The second-order valence-corrected chi connectivity index (χ2v) is 31.0. The number of hydrogen-bond acceptors (Lipinski definition) is 2. The number of anilines is 6. The van der Waals surface area contributed by atoms with Crippen molar-refractivity contribution >= 4 is 104 Å². The molecule has 0 bridgehead atoms. The zero-order valence-corrected chi connectivity index (χ0v) is 43.0. The van der Waals surface area contributed by atoms with Crippen LogP contribution < -0.4 is 20.2 Å². The first-order chi connectivity index (χ1) is 33.3. The van der Waals surface area contributed by atoms with E-state index in [0.717, 1.165) is 50.8 Å². The second kappa shape index (κ2) is 17.3. The average molecular weight is 926 g/mol. The quantitative estimate of drug-likeness (QED) is 0.127. The SMILES string of the molecule is Cc1cccc(N(c2ccc([Si](C)(C)C)cc2)c2cc3c(c4ccccc24)c2c4ccccc4c(N(c4ccc([Si](C)(C)C)cc4)c4cccc(C)c4)cc2n3-c2cccc(-c3ccccc3)c2)c1. The molecule has 10 aromatic carbocycles. The van der Waals surface area contributed by atoms with Gasteiger partial charge in [0.1, 0.15) is 0 Å². The van der Waals surface area contributed by atoms with Gasteiger partial charge in [0, 0.05) is 50.0 Å². The van der Waals surface area contributed by atoms with Gasteiger partial charge in [0.15, 0.2) is 0 Å². The molecule has 3 nitrogen and oxygen atoms in total. The minimum Gasteiger partial charge on any atom is -0.310 e. The van der Waals surface area contributed by atoms with Gasteiger partial charge in [0.25, 0.3) is 0 Å². The fourth-order valence-electron chi connectivity index (χ4n) is 10.4. The van der Waals surface area contributed by atoms with E-state index in [1.165, 1.54) is 64.9 Å². The Morgan fingerprint density at radius 1 is 0.333 bits per heavy atom. The van der Waals surface area contributed by atoms with Crippen LogP contribution in [0.2, 0.25) is 39.3 Å². The molecule has 0 aliphatic rings. The van der Waals surface area contributed by atoms with Crippen molar-refractivity contribution in [2.45, 2.75) is 53.1 Å². The van der Waals surface area contributed by atoms with Crippen LogP contribution >= 0.6 is 0 Å². The lowest BCUT2D eigenvalue weighted by Gasteiger charge is -2.28. The molecule has 0 atom stereocenters. The van der Waals surface area contributed by atoms with Gasteiger partial charge in [-0.05, 0) is 120 Å². The van der Waals surface area contributed by atoms with Gasteiger partial charge in [0.2, 0.25) is 0 Å².